The third-order valence-corrected chi connectivity index (χ3v) is 5.48. The molecule has 0 atom stereocenters. The van der Waals surface area contributed by atoms with Crippen molar-refractivity contribution < 1.29 is 14.4 Å². The molecule has 6 heteroatoms. The maximum Gasteiger partial charge on any atom is 0.296 e. The number of benzene rings is 2. The lowest BCUT2D eigenvalue weighted by atomic mass is 10.1. The maximum absolute atomic E-state index is 13.0. The molecule has 0 radical (unpaired) electrons. The smallest absolute Gasteiger partial charge is 0.296 e. The Morgan fingerprint density at radius 3 is 2.33 bits per heavy atom. The first-order valence-electron chi connectivity index (χ1n) is 10.2. The number of carbonyl (C=O) groups excluding carboxylic acids is 3. The van der Waals surface area contributed by atoms with Crippen LogP contribution in [0.1, 0.15) is 34.3 Å². The number of rotatable bonds is 5. The van der Waals surface area contributed by atoms with E-state index in [2.05, 4.69) is 5.32 Å². The highest BCUT2D eigenvalue weighted by Crippen LogP contribution is 2.23. The van der Waals surface area contributed by atoms with Crippen molar-refractivity contribution in [1.82, 2.24) is 9.47 Å². The molecule has 4 rings (SSSR count). The van der Waals surface area contributed by atoms with Crippen LogP contribution < -0.4 is 5.32 Å². The summed E-state index contributed by atoms with van der Waals surface area (Å²) in [6, 6.07) is 13.0. The van der Waals surface area contributed by atoms with Gasteiger partial charge in [0.05, 0.1) is 5.56 Å². The van der Waals surface area contributed by atoms with Gasteiger partial charge in [-0.2, -0.15) is 0 Å². The molecule has 2 aromatic carbocycles. The SMILES string of the molecule is Cc1cc(C)cc(NC(=O)C(=O)c2cn(CC(=O)N3CCCC3)c3ccccc23)c1. The molecule has 0 saturated carbocycles. The molecule has 1 aliphatic rings. The molecule has 0 unspecified atom stereocenters. The first-order chi connectivity index (χ1) is 14.4. The van der Waals surface area contributed by atoms with Crippen molar-refractivity contribution in [1.29, 1.82) is 0 Å². The van der Waals surface area contributed by atoms with Crippen LogP contribution in [0.25, 0.3) is 10.9 Å². The van der Waals surface area contributed by atoms with Gasteiger partial charge in [-0.25, -0.2) is 0 Å². The number of fused-ring (bicyclic) bond motifs is 1. The summed E-state index contributed by atoms with van der Waals surface area (Å²) in [5.74, 6) is -1.27. The van der Waals surface area contributed by atoms with Gasteiger partial charge >= 0.3 is 0 Å². The Morgan fingerprint density at radius 1 is 0.967 bits per heavy atom. The van der Waals surface area contributed by atoms with Gasteiger partial charge in [-0.15, -0.1) is 0 Å². The van der Waals surface area contributed by atoms with Crippen molar-refractivity contribution >= 4 is 34.2 Å². The van der Waals surface area contributed by atoms with Crippen molar-refractivity contribution in [2.45, 2.75) is 33.2 Å². The quantitative estimate of drug-likeness (QED) is 0.522. The number of nitrogens with one attached hydrogen (secondary N) is 1. The van der Waals surface area contributed by atoms with Crippen molar-refractivity contribution in [2.24, 2.45) is 0 Å². The van der Waals surface area contributed by atoms with Gasteiger partial charge in [-0.05, 0) is 56.0 Å². The zero-order valence-corrected chi connectivity index (χ0v) is 17.3. The zero-order chi connectivity index (χ0) is 21.3. The van der Waals surface area contributed by atoms with Crippen LogP contribution in [0.4, 0.5) is 5.69 Å². The summed E-state index contributed by atoms with van der Waals surface area (Å²) in [6.45, 7) is 5.60. The molecule has 1 fully saturated rings. The number of aryl methyl sites for hydroxylation is 2. The molecule has 1 N–H and O–H groups in total. The van der Waals surface area contributed by atoms with Gasteiger partial charge in [0.25, 0.3) is 11.7 Å². The normalized spacial score (nSPS) is 13.6. The van der Waals surface area contributed by atoms with Crippen molar-refractivity contribution in [2.75, 3.05) is 18.4 Å². The van der Waals surface area contributed by atoms with E-state index >= 15 is 0 Å². The Kier molecular flexibility index (Phi) is 5.40. The monoisotopic (exact) mass is 403 g/mol. The third kappa shape index (κ3) is 3.99. The van der Waals surface area contributed by atoms with E-state index in [-0.39, 0.29) is 12.5 Å². The number of para-hydroxylation sites is 1. The minimum absolute atomic E-state index is 0.0342. The average molecular weight is 403 g/mol. The van der Waals surface area contributed by atoms with E-state index in [0.29, 0.717) is 16.6 Å². The fourth-order valence-electron chi connectivity index (χ4n) is 4.13. The van der Waals surface area contributed by atoms with E-state index in [1.165, 1.54) is 0 Å². The molecule has 1 saturated heterocycles. The molecule has 0 bridgehead atoms. The predicted molar refractivity (Wildman–Crippen MR) is 117 cm³/mol. The lowest BCUT2D eigenvalue weighted by Gasteiger charge is -2.15. The third-order valence-electron chi connectivity index (χ3n) is 5.48. The van der Waals surface area contributed by atoms with Crippen LogP contribution in [-0.4, -0.2) is 40.2 Å². The number of likely N-dealkylation sites (tertiary alicyclic amines) is 1. The van der Waals surface area contributed by atoms with Gasteiger partial charge < -0.3 is 14.8 Å². The standard InChI is InChI=1S/C24H25N3O3/c1-16-11-17(2)13-18(12-16)25-24(30)23(29)20-14-27(21-8-4-3-7-19(20)21)15-22(28)26-9-5-6-10-26/h3-4,7-8,11-14H,5-6,9-10,15H2,1-2H3,(H,25,30). The summed E-state index contributed by atoms with van der Waals surface area (Å²) in [5, 5.41) is 3.38. The molecule has 2 amide bonds. The number of hydrogen-bond donors (Lipinski definition) is 1. The number of Topliss-reactive ketones (excluding diaryl/α,β-unsaturated/α-hetero) is 1. The fourth-order valence-corrected chi connectivity index (χ4v) is 4.13. The molecule has 154 valence electrons. The summed E-state index contributed by atoms with van der Waals surface area (Å²) in [4.78, 5) is 40.1. The van der Waals surface area contributed by atoms with E-state index in [1.54, 1.807) is 10.8 Å². The number of ketones is 1. The van der Waals surface area contributed by atoms with Crippen LogP contribution in [0.15, 0.2) is 48.7 Å². The zero-order valence-electron chi connectivity index (χ0n) is 17.3. The van der Waals surface area contributed by atoms with Gasteiger partial charge in [0.1, 0.15) is 6.54 Å². The van der Waals surface area contributed by atoms with Gasteiger partial charge in [0.15, 0.2) is 0 Å². The Labute approximate surface area is 175 Å². The molecule has 30 heavy (non-hydrogen) atoms. The average Bonchev–Trinajstić information content (AvgIpc) is 3.35. The lowest BCUT2D eigenvalue weighted by Crippen LogP contribution is -2.30. The Hall–Kier alpha value is -3.41. The van der Waals surface area contributed by atoms with E-state index in [1.807, 2.05) is 61.2 Å². The number of anilines is 1. The van der Waals surface area contributed by atoms with E-state index < -0.39 is 11.7 Å². The number of aromatic nitrogens is 1. The summed E-state index contributed by atoms with van der Waals surface area (Å²) in [5.41, 5.74) is 3.69. The predicted octanol–water partition coefficient (Wildman–Crippen LogP) is 3.70. The van der Waals surface area contributed by atoms with Crippen LogP contribution >= 0.6 is 0 Å². The molecule has 1 aromatic heterocycles. The number of nitrogens with zero attached hydrogens (tertiary/aromatic N) is 2. The Bertz CT molecular complexity index is 1120. The largest absolute Gasteiger partial charge is 0.341 e. The van der Waals surface area contributed by atoms with E-state index in [4.69, 9.17) is 0 Å². The fraction of sp³-hybridized carbons (Fsp3) is 0.292. The molecule has 3 aromatic rings. The highest BCUT2D eigenvalue weighted by atomic mass is 16.2. The second kappa shape index (κ2) is 8.14. The molecule has 2 heterocycles. The molecule has 6 nitrogen and oxygen atoms in total. The van der Waals surface area contributed by atoms with Crippen molar-refractivity contribution in [3.05, 3.63) is 65.4 Å². The van der Waals surface area contributed by atoms with E-state index in [0.717, 1.165) is 42.6 Å². The second-order valence-electron chi connectivity index (χ2n) is 7.94. The lowest BCUT2D eigenvalue weighted by molar-refractivity contribution is -0.130. The second-order valence-corrected chi connectivity index (χ2v) is 7.94. The number of amides is 2. The summed E-state index contributed by atoms with van der Waals surface area (Å²) < 4.78 is 1.77. The first-order valence-corrected chi connectivity index (χ1v) is 10.2. The minimum atomic E-state index is -0.686. The van der Waals surface area contributed by atoms with Crippen LogP contribution in [0.2, 0.25) is 0 Å². The van der Waals surface area contributed by atoms with Crippen LogP contribution in [0, 0.1) is 13.8 Å². The van der Waals surface area contributed by atoms with Gasteiger partial charge in [0, 0.05) is 35.9 Å². The minimum Gasteiger partial charge on any atom is -0.341 e. The molecular formula is C24H25N3O3. The summed E-state index contributed by atoms with van der Waals surface area (Å²) in [6.07, 6.45) is 3.68. The molecule has 0 spiro atoms. The maximum atomic E-state index is 13.0. The van der Waals surface area contributed by atoms with Gasteiger partial charge in [0.2, 0.25) is 5.91 Å². The van der Waals surface area contributed by atoms with Crippen molar-refractivity contribution in [3.8, 4) is 0 Å². The number of hydrogen-bond acceptors (Lipinski definition) is 3. The van der Waals surface area contributed by atoms with Gasteiger partial charge in [-0.3, -0.25) is 14.4 Å². The summed E-state index contributed by atoms with van der Waals surface area (Å²) >= 11 is 0. The topological polar surface area (TPSA) is 71.4 Å². The van der Waals surface area contributed by atoms with Crippen LogP contribution in [-0.2, 0) is 16.1 Å². The first kappa shape index (κ1) is 19.9. The highest BCUT2D eigenvalue weighted by Gasteiger charge is 2.24. The van der Waals surface area contributed by atoms with Crippen LogP contribution in [0.3, 0.4) is 0 Å². The molecule has 1 aliphatic heterocycles. The summed E-state index contributed by atoms with van der Waals surface area (Å²) in [7, 11) is 0. The van der Waals surface area contributed by atoms with Crippen LogP contribution in [0.5, 0.6) is 0 Å². The molecule has 0 aliphatic carbocycles. The van der Waals surface area contributed by atoms with Gasteiger partial charge in [-0.1, -0.05) is 24.3 Å². The van der Waals surface area contributed by atoms with E-state index in [9.17, 15) is 14.4 Å². The Morgan fingerprint density at radius 2 is 1.63 bits per heavy atom. The highest BCUT2D eigenvalue weighted by molar-refractivity contribution is 6.48. The molecular weight excluding hydrogens is 378 g/mol. The number of carbonyl (C=O) groups is 3. The van der Waals surface area contributed by atoms with Crippen molar-refractivity contribution in [3.63, 3.8) is 0 Å². The Balaban J connectivity index is 1.60.